The molecule has 29 heavy (non-hydrogen) atoms. The van der Waals surface area contributed by atoms with Gasteiger partial charge in [-0.2, -0.15) is 0 Å². The SMILES string of the molecule is CC(C)(C)OC(=O)N1CCN2C(NCCNC(=O)c3ccccc3O)=NCC2C1. The van der Waals surface area contributed by atoms with Crippen LogP contribution in [0.25, 0.3) is 0 Å². The maximum atomic E-state index is 12.3. The highest BCUT2D eigenvalue weighted by Gasteiger charge is 2.36. The number of aromatic hydroxyl groups is 1. The Hall–Kier alpha value is -2.97. The van der Waals surface area contributed by atoms with Crippen molar-refractivity contribution in [1.82, 2.24) is 20.4 Å². The monoisotopic (exact) mass is 403 g/mol. The van der Waals surface area contributed by atoms with Crippen molar-refractivity contribution in [3.05, 3.63) is 29.8 Å². The van der Waals surface area contributed by atoms with Gasteiger partial charge >= 0.3 is 6.09 Å². The molecule has 2 amide bonds. The van der Waals surface area contributed by atoms with Crippen molar-refractivity contribution < 1.29 is 19.4 Å². The number of carbonyl (C=O) groups is 2. The first-order valence-electron chi connectivity index (χ1n) is 9.83. The highest BCUT2D eigenvalue weighted by Crippen LogP contribution is 2.18. The molecule has 2 heterocycles. The summed E-state index contributed by atoms with van der Waals surface area (Å²) in [6, 6.07) is 6.57. The molecule has 0 spiro atoms. The first-order chi connectivity index (χ1) is 13.7. The fraction of sp³-hybridized carbons (Fsp3) is 0.550. The number of hydrogen-bond donors (Lipinski definition) is 3. The third-order valence-electron chi connectivity index (χ3n) is 4.70. The van der Waals surface area contributed by atoms with Gasteiger partial charge in [0.25, 0.3) is 5.91 Å². The molecule has 3 N–H and O–H groups in total. The molecule has 1 aromatic rings. The number of rotatable bonds is 4. The van der Waals surface area contributed by atoms with Gasteiger partial charge in [-0.3, -0.25) is 9.79 Å². The predicted octanol–water partition coefficient (Wildman–Crippen LogP) is 1.00. The Labute approximate surface area is 170 Å². The van der Waals surface area contributed by atoms with Gasteiger partial charge in [-0.15, -0.1) is 0 Å². The summed E-state index contributed by atoms with van der Waals surface area (Å²) in [6.45, 7) is 8.95. The van der Waals surface area contributed by atoms with Gasteiger partial charge in [0.15, 0.2) is 5.96 Å². The maximum Gasteiger partial charge on any atom is 0.410 e. The molecule has 0 aliphatic carbocycles. The molecule has 1 fully saturated rings. The topological polar surface area (TPSA) is 106 Å². The molecule has 1 unspecified atom stereocenters. The number of hydrogen-bond acceptors (Lipinski definition) is 7. The molecule has 2 aliphatic heterocycles. The quantitative estimate of drug-likeness (QED) is 0.648. The molecule has 1 atom stereocenters. The molecule has 1 aromatic carbocycles. The van der Waals surface area contributed by atoms with Gasteiger partial charge < -0.3 is 30.3 Å². The first kappa shape index (κ1) is 20.8. The standard InChI is InChI=1S/C20H29N5O4/c1-20(2,3)29-19(28)24-10-11-25-14(13-24)12-23-18(25)22-9-8-21-17(27)15-6-4-5-7-16(15)26/h4-7,14,26H,8-13H2,1-3H3,(H,21,27)(H,22,23). The van der Waals surface area contributed by atoms with Crippen molar-refractivity contribution in [2.45, 2.75) is 32.4 Å². The number of aliphatic imine (C=N–C) groups is 1. The van der Waals surface area contributed by atoms with E-state index in [1.165, 1.54) is 6.07 Å². The number of nitrogens with zero attached hydrogens (tertiary/aromatic N) is 3. The molecule has 0 aromatic heterocycles. The largest absolute Gasteiger partial charge is 0.507 e. The number of benzene rings is 1. The molecule has 3 rings (SSSR count). The van der Waals surface area contributed by atoms with E-state index in [0.717, 1.165) is 5.96 Å². The van der Waals surface area contributed by atoms with E-state index in [2.05, 4.69) is 20.5 Å². The number of nitrogens with one attached hydrogen (secondary N) is 2. The van der Waals surface area contributed by atoms with E-state index in [1.54, 1.807) is 23.1 Å². The van der Waals surface area contributed by atoms with Crippen LogP contribution in [-0.2, 0) is 4.74 Å². The minimum absolute atomic E-state index is 0.0381. The van der Waals surface area contributed by atoms with Crippen LogP contribution in [0.1, 0.15) is 31.1 Å². The lowest BCUT2D eigenvalue weighted by molar-refractivity contribution is 0.0137. The van der Waals surface area contributed by atoms with E-state index >= 15 is 0 Å². The van der Waals surface area contributed by atoms with Gasteiger partial charge in [0.2, 0.25) is 0 Å². The summed E-state index contributed by atoms with van der Waals surface area (Å²) in [5, 5.41) is 15.7. The number of guanidine groups is 1. The molecule has 9 heteroatoms. The van der Waals surface area contributed by atoms with Crippen LogP contribution in [0.5, 0.6) is 5.75 Å². The zero-order valence-electron chi connectivity index (χ0n) is 17.1. The molecule has 0 saturated carbocycles. The number of carbonyl (C=O) groups excluding carboxylic acids is 2. The van der Waals surface area contributed by atoms with Crippen LogP contribution in [0.4, 0.5) is 4.79 Å². The molecule has 0 radical (unpaired) electrons. The molecule has 2 aliphatic rings. The Morgan fingerprint density at radius 2 is 2.00 bits per heavy atom. The van der Waals surface area contributed by atoms with Crippen molar-refractivity contribution in [2.75, 3.05) is 39.3 Å². The Kier molecular flexibility index (Phi) is 6.14. The Morgan fingerprint density at radius 1 is 1.24 bits per heavy atom. The molecular formula is C20H29N5O4. The summed E-state index contributed by atoms with van der Waals surface area (Å²) in [5.74, 6) is 0.432. The second-order valence-corrected chi connectivity index (χ2v) is 8.14. The number of ether oxygens (including phenoxy) is 1. The van der Waals surface area contributed by atoms with E-state index in [4.69, 9.17) is 4.74 Å². The van der Waals surface area contributed by atoms with Gasteiger partial charge in [-0.25, -0.2) is 4.79 Å². The second kappa shape index (κ2) is 8.59. The van der Waals surface area contributed by atoms with Gasteiger partial charge in [-0.1, -0.05) is 12.1 Å². The van der Waals surface area contributed by atoms with Gasteiger partial charge in [0.1, 0.15) is 11.4 Å². The highest BCUT2D eigenvalue weighted by atomic mass is 16.6. The summed E-state index contributed by atoms with van der Waals surface area (Å²) in [4.78, 5) is 32.8. The Bertz CT molecular complexity index is 789. The Morgan fingerprint density at radius 3 is 2.72 bits per heavy atom. The average Bonchev–Trinajstić information content (AvgIpc) is 3.06. The van der Waals surface area contributed by atoms with Crippen LogP contribution < -0.4 is 10.6 Å². The fourth-order valence-corrected chi connectivity index (χ4v) is 3.33. The zero-order valence-corrected chi connectivity index (χ0v) is 17.1. The van der Waals surface area contributed by atoms with Crippen LogP contribution in [0.15, 0.2) is 29.3 Å². The normalized spacial score (nSPS) is 18.7. The average molecular weight is 403 g/mol. The van der Waals surface area contributed by atoms with Crippen LogP contribution >= 0.6 is 0 Å². The third kappa shape index (κ3) is 5.30. The van der Waals surface area contributed by atoms with Crippen molar-refractivity contribution in [3.8, 4) is 5.75 Å². The number of phenols is 1. The van der Waals surface area contributed by atoms with Crippen LogP contribution in [-0.4, -0.2) is 83.8 Å². The van der Waals surface area contributed by atoms with Crippen molar-refractivity contribution in [2.24, 2.45) is 4.99 Å². The lowest BCUT2D eigenvalue weighted by atomic mass is 10.2. The Balaban J connectivity index is 1.41. The van der Waals surface area contributed by atoms with E-state index in [9.17, 15) is 14.7 Å². The number of fused-ring (bicyclic) bond motifs is 1. The van der Waals surface area contributed by atoms with E-state index in [-0.39, 0.29) is 29.4 Å². The lowest BCUT2D eigenvalue weighted by Crippen LogP contribution is -2.57. The second-order valence-electron chi connectivity index (χ2n) is 8.14. The lowest BCUT2D eigenvalue weighted by Gasteiger charge is -2.39. The summed E-state index contributed by atoms with van der Waals surface area (Å²) in [6.07, 6.45) is -0.287. The van der Waals surface area contributed by atoms with E-state index < -0.39 is 5.60 Å². The summed E-state index contributed by atoms with van der Waals surface area (Å²) < 4.78 is 5.46. The van der Waals surface area contributed by atoms with Crippen molar-refractivity contribution in [1.29, 1.82) is 0 Å². The van der Waals surface area contributed by atoms with Gasteiger partial charge in [0.05, 0.1) is 18.2 Å². The number of amides is 2. The molecule has 0 bridgehead atoms. The van der Waals surface area contributed by atoms with Crippen LogP contribution in [0, 0.1) is 0 Å². The fourth-order valence-electron chi connectivity index (χ4n) is 3.33. The van der Waals surface area contributed by atoms with Gasteiger partial charge in [0, 0.05) is 32.7 Å². The maximum absolute atomic E-state index is 12.3. The minimum atomic E-state index is -0.506. The number of para-hydroxylation sites is 1. The zero-order chi connectivity index (χ0) is 21.0. The predicted molar refractivity (Wildman–Crippen MR) is 109 cm³/mol. The third-order valence-corrected chi connectivity index (χ3v) is 4.70. The molecule has 1 saturated heterocycles. The number of phenolic OH excluding ortho intramolecular Hbond substituents is 1. The smallest absolute Gasteiger partial charge is 0.410 e. The summed E-state index contributed by atoms with van der Waals surface area (Å²) in [7, 11) is 0. The van der Waals surface area contributed by atoms with E-state index in [0.29, 0.717) is 39.3 Å². The first-order valence-corrected chi connectivity index (χ1v) is 9.83. The molecule has 158 valence electrons. The van der Waals surface area contributed by atoms with Crippen molar-refractivity contribution >= 4 is 18.0 Å². The minimum Gasteiger partial charge on any atom is -0.507 e. The summed E-state index contributed by atoms with van der Waals surface area (Å²) >= 11 is 0. The van der Waals surface area contributed by atoms with Crippen LogP contribution in [0.2, 0.25) is 0 Å². The van der Waals surface area contributed by atoms with Gasteiger partial charge in [-0.05, 0) is 32.9 Å². The molecular weight excluding hydrogens is 374 g/mol. The van der Waals surface area contributed by atoms with E-state index in [1.807, 2.05) is 20.8 Å². The van der Waals surface area contributed by atoms with Crippen LogP contribution in [0.3, 0.4) is 0 Å². The molecule has 9 nitrogen and oxygen atoms in total. The number of piperazine rings is 1. The highest BCUT2D eigenvalue weighted by molar-refractivity contribution is 5.96. The van der Waals surface area contributed by atoms with Crippen molar-refractivity contribution in [3.63, 3.8) is 0 Å². The summed E-state index contributed by atoms with van der Waals surface area (Å²) in [5.41, 5.74) is -0.252.